The Labute approximate surface area is 159 Å². The molecule has 0 bridgehead atoms. The topological polar surface area (TPSA) is 48.3 Å². The summed E-state index contributed by atoms with van der Waals surface area (Å²) in [5.41, 5.74) is 3.81. The number of esters is 1. The first kappa shape index (κ1) is 18.9. The van der Waals surface area contributed by atoms with Crippen molar-refractivity contribution in [1.82, 2.24) is 4.57 Å². The number of ether oxygens (including phenoxy) is 1. The summed E-state index contributed by atoms with van der Waals surface area (Å²) in [5.74, 6) is -0.346. The molecule has 1 aliphatic heterocycles. The molecule has 26 heavy (non-hydrogen) atoms. The molecule has 1 aliphatic rings. The highest BCUT2D eigenvalue weighted by atomic mass is 32.1. The van der Waals surface area contributed by atoms with Gasteiger partial charge in [-0.05, 0) is 68.7 Å². The van der Waals surface area contributed by atoms with Crippen LogP contribution in [0.1, 0.15) is 78.1 Å². The van der Waals surface area contributed by atoms with Crippen LogP contribution in [0.15, 0.2) is 17.5 Å². The van der Waals surface area contributed by atoms with E-state index >= 15 is 0 Å². The summed E-state index contributed by atoms with van der Waals surface area (Å²) in [5, 5.41) is 1.96. The van der Waals surface area contributed by atoms with E-state index in [9.17, 15) is 9.59 Å². The molecule has 5 heteroatoms. The third kappa shape index (κ3) is 3.50. The van der Waals surface area contributed by atoms with Crippen molar-refractivity contribution in [1.29, 1.82) is 0 Å². The molecule has 2 aromatic heterocycles. The van der Waals surface area contributed by atoms with E-state index in [-0.39, 0.29) is 23.8 Å². The number of thiophene rings is 1. The fraction of sp³-hybridized carbons (Fsp3) is 0.524. The van der Waals surface area contributed by atoms with Crippen LogP contribution in [-0.4, -0.2) is 22.4 Å². The molecule has 1 unspecified atom stereocenters. The zero-order chi connectivity index (χ0) is 18.8. The van der Waals surface area contributed by atoms with Crippen LogP contribution in [0.4, 0.5) is 0 Å². The van der Waals surface area contributed by atoms with Gasteiger partial charge in [0.05, 0.1) is 22.6 Å². The highest BCUT2D eigenvalue weighted by Gasteiger charge is 2.35. The Morgan fingerprint density at radius 2 is 2.15 bits per heavy atom. The number of rotatable bonds is 7. The van der Waals surface area contributed by atoms with Crippen LogP contribution in [0, 0.1) is 6.92 Å². The highest BCUT2D eigenvalue weighted by Crippen LogP contribution is 2.36. The molecule has 0 aromatic carbocycles. The summed E-state index contributed by atoms with van der Waals surface area (Å²) in [6.07, 6.45) is 3.56. The Bertz CT molecular complexity index is 815. The van der Waals surface area contributed by atoms with E-state index in [1.54, 1.807) is 0 Å². The quantitative estimate of drug-likeness (QED) is 0.514. The minimum Gasteiger partial charge on any atom is -0.462 e. The second kappa shape index (κ2) is 7.78. The minimum absolute atomic E-state index is 0.0905. The average molecular weight is 374 g/mol. The molecule has 0 spiro atoms. The van der Waals surface area contributed by atoms with Crippen LogP contribution in [0.5, 0.6) is 0 Å². The number of carbonyl (C=O) groups is 2. The van der Waals surface area contributed by atoms with Crippen molar-refractivity contribution in [2.45, 2.75) is 71.9 Å². The maximum absolute atomic E-state index is 13.3. The third-order valence-corrected chi connectivity index (χ3v) is 5.94. The molecule has 140 valence electrons. The number of carbonyl (C=O) groups excluding carboxylic acids is 2. The van der Waals surface area contributed by atoms with Crippen molar-refractivity contribution < 1.29 is 14.3 Å². The normalized spacial score (nSPS) is 16.1. The van der Waals surface area contributed by atoms with Crippen LogP contribution in [0.2, 0.25) is 0 Å². The van der Waals surface area contributed by atoms with E-state index in [0.717, 1.165) is 46.7 Å². The van der Waals surface area contributed by atoms with Gasteiger partial charge in [0, 0.05) is 12.2 Å². The first-order valence-electron chi connectivity index (χ1n) is 9.45. The highest BCUT2D eigenvalue weighted by molar-refractivity contribution is 7.12. The predicted octanol–water partition coefficient (Wildman–Crippen LogP) is 4.87. The molecule has 0 fully saturated rings. The van der Waals surface area contributed by atoms with Gasteiger partial charge in [-0.25, -0.2) is 0 Å². The molecule has 0 N–H and O–H groups in total. The van der Waals surface area contributed by atoms with Crippen LogP contribution in [0.3, 0.4) is 0 Å². The number of nitrogens with zero attached hydrogens (tertiary/aromatic N) is 1. The van der Waals surface area contributed by atoms with E-state index in [1.807, 2.05) is 32.2 Å². The number of hydrogen-bond acceptors (Lipinski definition) is 4. The Balaban J connectivity index is 2.00. The maximum atomic E-state index is 13.3. The van der Waals surface area contributed by atoms with Gasteiger partial charge in [-0.15, -0.1) is 11.3 Å². The van der Waals surface area contributed by atoms with Crippen molar-refractivity contribution in [3.05, 3.63) is 44.9 Å². The fourth-order valence-electron chi connectivity index (χ4n) is 3.66. The lowest BCUT2D eigenvalue weighted by molar-refractivity contribution is -0.149. The molecule has 4 nitrogen and oxygen atoms in total. The van der Waals surface area contributed by atoms with E-state index in [2.05, 4.69) is 17.6 Å². The molecule has 0 aliphatic carbocycles. The third-order valence-electron chi connectivity index (χ3n) is 4.93. The zero-order valence-electron chi connectivity index (χ0n) is 16.0. The summed E-state index contributed by atoms with van der Waals surface area (Å²) < 4.78 is 7.51. The summed E-state index contributed by atoms with van der Waals surface area (Å²) in [7, 11) is 0. The first-order valence-corrected chi connectivity index (χ1v) is 10.3. The summed E-state index contributed by atoms with van der Waals surface area (Å²) in [6.45, 7) is 8.56. The summed E-state index contributed by atoms with van der Waals surface area (Å²) in [6, 6.07) is 4.06. The average Bonchev–Trinajstić information content (AvgIpc) is 3.25. The molecule has 0 amide bonds. The van der Waals surface area contributed by atoms with E-state index < -0.39 is 0 Å². The van der Waals surface area contributed by atoms with Crippen LogP contribution >= 0.6 is 11.3 Å². The van der Waals surface area contributed by atoms with Gasteiger partial charge in [0.1, 0.15) is 0 Å². The van der Waals surface area contributed by atoms with Gasteiger partial charge in [-0.2, -0.15) is 0 Å². The fourth-order valence-corrected chi connectivity index (χ4v) is 4.52. The van der Waals surface area contributed by atoms with Gasteiger partial charge in [0.15, 0.2) is 0 Å². The van der Waals surface area contributed by atoms with Crippen LogP contribution in [0.25, 0.3) is 0 Å². The van der Waals surface area contributed by atoms with Crippen molar-refractivity contribution in [3.63, 3.8) is 0 Å². The molecule has 0 saturated heterocycles. The maximum Gasteiger partial charge on any atom is 0.315 e. The van der Waals surface area contributed by atoms with Gasteiger partial charge in [-0.1, -0.05) is 13.3 Å². The van der Waals surface area contributed by atoms with Crippen LogP contribution in [-0.2, 0) is 22.5 Å². The largest absolute Gasteiger partial charge is 0.462 e. The number of hydrogen-bond donors (Lipinski definition) is 0. The van der Waals surface area contributed by atoms with Gasteiger partial charge in [-0.3, -0.25) is 9.59 Å². The summed E-state index contributed by atoms with van der Waals surface area (Å²) >= 11 is 1.49. The molecule has 1 atom stereocenters. The Kier molecular flexibility index (Phi) is 5.66. The molecule has 3 rings (SSSR count). The summed E-state index contributed by atoms with van der Waals surface area (Å²) in [4.78, 5) is 26.6. The number of aromatic nitrogens is 1. The van der Waals surface area contributed by atoms with Gasteiger partial charge in [0.2, 0.25) is 5.78 Å². The smallest absolute Gasteiger partial charge is 0.315 e. The van der Waals surface area contributed by atoms with Gasteiger partial charge >= 0.3 is 5.97 Å². The second-order valence-electron chi connectivity index (χ2n) is 7.29. The molecular weight excluding hydrogens is 346 g/mol. The SMILES string of the molecule is CCCCc1cc2n(c1C(=O)c1sccc1C)CCC2C(=O)OC(C)C. The first-order chi connectivity index (χ1) is 12.4. The van der Waals surface area contributed by atoms with Crippen LogP contribution < -0.4 is 0 Å². The van der Waals surface area contributed by atoms with Crippen molar-refractivity contribution >= 4 is 23.1 Å². The number of unbranched alkanes of at least 4 members (excludes halogenated alkanes) is 1. The Morgan fingerprint density at radius 3 is 2.77 bits per heavy atom. The van der Waals surface area contributed by atoms with Gasteiger partial charge < -0.3 is 9.30 Å². The number of aryl methyl sites for hydroxylation is 2. The second-order valence-corrected chi connectivity index (χ2v) is 8.20. The lowest BCUT2D eigenvalue weighted by Crippen LogP contribution is -2.18. The lowest BCUT2D eigenvalue weighted by atomic mass is 10.0. The molecule has 3 heterocycles. The van der Waals surface area contributed by atoms with Crippen molar-refractivity contribution in [2.75, 3.05) is 0 Å². The molecular formula is C21H27NO3S. The molecule has 0 saturated carbocycles. The van der Waals surface area contributed by atoms with E-state index in [4.69, 9.17) is 4.74 Å². The van der Waals surface area contributed by atoms with E-state index in [1.165, 1.54) is 11.3 Å². The monoisotopic (exact) mass is 373 g/mol. The van der Waals surface area contributed by atoms with Crippen molar-refractivity contribution in [2.24, 2.45) is 0 Å². The number of fused-ring (bicyclic) bond motifs is 1. The predicted molar refractivity (Wildman–Crippen MR) is 104 cm³/mol. The molecule has 0 radical (unpaired) electrons. The zero-order valence-corrected chi connectivity index (χ0v) is 16.8. The molecule has 2 aromatic rings. The minimum atomic E-state index is -0.260. The number of ketones is 1. The Morgan fingerprint density at radius 1 is 1.38 bits per heavy atom. The lowest BCUT2D eigenvalue weighted by Gasteiger charge is -2.12. The van der Waals surface area contributed by atoms with Crippen molar-refractivity contribution in [3.8, 4) is 0 Å². The standard InChI is InChI=1S/C21H27NO3S/c1-5-6-7-15-12-17-16(21(24)25-13(2)3)8-10-22(17)18(15)19(23)20-14(4)9-11-26-20/h9,11-13,16H,5-8,10H2,1-4H3. The van der Waals surface area contributed by atoms with Gasteiger partial charge in [0.25, 0.3) is 0 Å². The van der Waals surface area contributed by atoms with E-state index in [0.29, 0.717) is 13.0 Å². The Hall–Kier alpha value is -1.88.